The number of amides is 1. The average Bonchev–Trinajstić information content (AvgIpc) is 2.66. The van der Waals surface area contributed by atoms with E-state index in [1.807, 2.05) is 37.3 Å². The van der Waals surface area contributed by atoms with E-state index in [2.05, 4.69) is 4.98 Å². The van der Waals surface area contributed by atoms with Crippen LogP contribution in [-0.2, 0) is 6.54 Å². The van der Waals surface area contributed by atoms with Crippen molar-refractivity contribution in [2.24, 2.45) is 0 Å². The van der Waals surface area contributed by atoms with Crippen molar-refractivity contribution in [2.75, 3.05) is 17.7 Å². The second-order valence-electron chi connectivity index (χ2n) is 6.39. The van der Waals surface area contributed by atoms with Gasteiger partial charge in [0.2, 0.25) is 0 Å². The monoisotopic (exact) mass is 366 g/mol. The number of unbranched alkanes of at least 4 members (excludes halogenated alkanes) is 1. The number of carbonyl (C=O) groups is 1. The lowest BCUT2D eigenvalue weighted by Crippen LogP contribution is -2.39. The molecule has 0 aliphatic carbocycles. The molecule has 0 fully saturated rings. The fourth-order valence-corrected chi connectivity index (χ4v) is 3.13. The van der Waals surface area contributed by atoms with Crippen LogP contribution in [0.1, 0.15) is 30.1 Å². The third-order valence-electron chi connectivity index (χ3n) is 4.61. The van der Waals surface area contributed by atoms with Gasteiger partial charge in [0.25, 0.3) is 11.5 Å². The predicted octanol–water partition coefficient (Wildman–Crippen LogP) is 2.35. The van der Waals surface area contributed by atoms with Crippen molar-refractivity contribution < 1.29 is 4.79 Å². The number of aromatic nitrogens is 2. The van der Waals surface area contributed by atoms with Crippen LogP contribution in [0, 0.1) is 0 Å². The lowest BCUT2D eigenvalue weighted by molar-refractivity contribution is 0.0994. The Morgan fingerprint density at radius 1 is 1.15 bits per heavy atom. The van der Waals surface area contributed by atoms with Gasteiger partial charge >= 0.3 is 5.69 Å². The van der Waals surface area contributed by atoms with Gasteiger partial charge in [0.15, 0.2) is 5.69 Å². The molecule has 0 atom stereocenters. The number of aromatic amines is 1. The first-order chi connectivity index (χ1) is 13.0. The molecule has 140 valence electrons. The van der Waals surface area contributed by atoms with Crippen LogP contribution in [0.2, 0.25) is 0 Å². The molecule has 0 unspecified atom stereocenters. The van der Waals surface area contributed by atoms with E-state index in [1.165, 1.54) is 16.5 Å². The summed E-state index contributed by atoms with van der Waals surface area (Å²) >= 11 is 0. The Labute approximate surface area is 156 Å². The van der Waals surface area contributed by atoms with Gasteiger partial charge < -0.3 is 10.6 Å². The number of fused-ring (bicyclic) bond motifs is 1. The number of hydrogen-bond acceptors (Lipinski definition) is 4. The highest BCUT2D eigenvalue weighted by molar-refractivity contribution is 6.14. The van der Waals surface area contributed by atoms with Gasteiger partial charge in [-0.15, -0.1) is 0 Å². The SMILES string of the molecule is CCCCn1c(N)c(N(C)C(=O)c2cccc3ccccc23)c(=O)[nH]c1=O. The lowest BCUT2D eigenvalue weighted by Gasteiger charge is -2.21. The molecule has 0 bridgehead atoms. The second-order valence-corrected chi connectivity index (χ2v) is 6.39. The largest absolute Gasteiger partial charge is 0.383 e. The number of nitrogens with one attached hydrogen (secondary N) is 1. The van der Waals surface area contributed by atoms with Crippen molar-refractivity contribution in [3.05, 3.63) is 68.9 Å². The first kappa shape index (κ1) is 18.4. The van der Waals surface area contributed by atoms with E-state index in [1.54, 1.807) is 12.1 Å². The maximum absolute atomic E-state index is 13.1. The van der Waals surface area contributed by atoms with Crippen LogP contribution in [0.4, 0.5) is 11.5 Å². The zero-order valence-electron chi connectivity index (χ0n) is 15.4. The minimum Gasteiger partial charge on any atom is -0.383 e. The zero-order chi connectivity index (χ0) is 19.6. The lowest BCUT2D eigenvalue weighted by atomic mass is 10.0. The number of hydrogen-bond donors (Lipinski definition) is 2. The molecule has 1 heterocycles. The fraction of sp³-hybridized carbons (Fsp3) is 0.250. The summed E-state index contributed by atoms with van der Waals surface area (Å²) in [6.07, 6.45) is 1.60. The van der Waals surface area contributed by atoms with Crippen LogP contribution < -0.4 is 21.9 Å². The smallest absolute Gasteiger partial charge is 0.330 e. The Kier molecular flexibility index (Phi) is 5.12. The molecule has 1 amide bonds. The van der Waals surface area contributed by atoms with Crippen LogP contribution in [-0.4, -0.2) is 22.5 Å². The number of nitrogens with zero attached hydrogens (tertiary/aromatic N) is 2. The van der Waals surface area contributed by atoms with Crippen LogP contribution in [0.3, 0.4) is 0 Å². The molecule has 0 radical (unpaired) electrons. The van der Waals surface area contributed by atoms with E-state index in [0.29, 0.717) is 12.1 Å². The van der Waals surface area contributed by atoms with Crippen molar-refractivity contribution in [3.8, 4) is 0 Å². The number of nitrogen functional groups attached to an aromatic ring is 1. The van der Waals surface area contributed by atoms with Crippen molar-refractivity contribution in [1.82, 2.24) is 9.55 Å². The summed E-state index contributed by atoms with van der Waals surface area (Å²) in [5, 5.41) is 1.71. The van der Waals surface area contributed by atoms with E-state index in [9.17, 15) is 14.4 Å². The van der Waals surface area contributed by atoms with Crippen molar-refractivity contribution >= 4 is 28.2 Å². The standard InChI is InChI=1S/C20H22N4O3/c1-3-4-12-24-17(21)16(18(25)22-20(24)27)23(2)19(26)15-11-7-9-13-8-5-6-10-14(13)15/h5-11H,3-4,12,21H2,1-2H3,(H,22,25,27). The number of carbonyl (C=O) groups excluding carboxylic acids is 1. The summed E-state index contributed by atoms with van der Waals surface area (Å²) in [5.74, 6) is -0.377. The molecular weight excluding hydrogens is 344 g/mol. The number of anilines is 2. The van der Waals surface area contributed by atoms with Crippen LogP contribution in [0.25, 0.3) is 10.8 Å². The molecule has 27 heavy (non-hydrogen) atoms. The van der Waals surface area contributed by atoms with Gasteiger partial charge in [-0.05, 0) is 23.3 Å². The Bertz CT molecular complexity index is 1110. The Balaban J connectivity index is 2.10. The molecular formula is C20H22N4O3. The van der Waals surface area contributed by atoms with Crippen LogP contribution in [0.15, 0.2) is 52.1 Å². The maximum Gasteiger partial charge on any atom is 0.330 e. The van der Waals surface area contributed by atoms with E-state index in [0.717, 1.165) is 23.6 Å². The second kappa shape index (κ2) is 7.49. The quantitative estimate of drug-likeness (QED) is 0.724. The molecule has 3 aromatic rings. The first-order valence-corrected chi connectivity index (χ1v) is 8.84. The van der Waals surface area contributed by atoms with E-state index in [-0.39, 0.29) is 17.4 Å². The fourth-order valence-electron chi connectivity index (χ4n) is 3.13. The molecule has 0 spiro atoms. The Hall–Kier alpha value is -3.35. The van der Waals surface area contributed by atoms with Crippen LogP contribution in [0.5, 0.6) is 0 Å². The van der Waals surface area contributed by atoms with Gasteiger partial charge in [0.05, 0.1) is 0 Å². The van der Waals surface area contributed by atoms with Crippen molar-refractivity contribution in [2.45, 2.75) is 26.3 Å². The van der Waals surface area contributed by atoms with Crippen LogP contribution >= 0.6 is 0 Å². The molecule has 3 N–H and O–H groups in total. The summed E-state index contributed by atoms with van der Waals surface area (Å²) < 4.78 is 1.30. The highest BCUT2D eigenvalue weighted by atomic mass is 16.2. The van der Waals surface area contributed by atoms with E-state index < -0.39 is 11.2 Å². The van der Waals surface area contributed by atoms with Gasteiger partial charge in [-0.2, -0.15) is 0 Å². The molecule has 0 aliphatic rings. The summed E-state index contributed by atoms with van der Waals surface area (Å²) in [4.78, 5) is 41.0. The molecule has 2 aromatic carbocycles. The minimum absolute atomic E-state index is 0.00622. The van der Waals surface area contributed by atoms with Gasteiger partial charge in [0.1, 0.15) is 5.82 Å². The molecule has 0 saturated carbocycles. The number of rotatable bonds is 5. The predicted molar refractivity (Wildman–Crippen MR) is 107 cm³/mol. The number of H-pyrrole nitrogens is 1. The molecule has 0 saturated heterocycles. The van der Waals surface area contributed by atoms with Gasteiger partial charge in [-0.1, -0.05) is 49.7 Å². The highest BCUT2D eigenvalue weighted by Crippen LogP contribution is 2.23. The molecule has 3 rings (SSSR count). The molecule has 1 aromatic heterocycles. The summed E-state index contributed by atoms with van der Waals surface area (Å²) in [5.41, 5.74) is 5.29. The summed E-state index contributed by atoms with van der Waals surface area (Å²) in [7, 11) is 1.49. The number of nitrogens with two attached hydrogens (primary N) is 1. The zero-order valence-corrected chi connectivity index (χ0v) is 15.4. The maximum atomic E-state index is 13.1. The van der Waals surface area contributed by atoms with Crippen molar-refractivity contribution in [1.29, 1.82) is 0 Å². The molecule has 7 nitrogen and oxygen atoms in total. The first-order valence-electron chi connectivity index (χ1n) is 8.84. The van der Waals surface area contributed by atoms with E-state index >= 15 is 0 Å². The highest BCUT2D eigenvalue weighted by Gasteiger charge is 2.23. The van der Waals surface area contributed by atoms with Gasteiger partial charge in [-0.25, -0.2) is 4.79 Å². The summed E-state index contributed by atoms with van der Waals surface area (Å²) in [6.45, 7) is 2.37. The number of benzene rings is 2. The van der Waals surface area contributed by atoms with Gasteiger partial charge in [0, 0.05) is 19.2 Å². The normalized spacial score (nSPS) is 10.9. The van der Waals surface area contributed by atoms with E-state index in [4.69, 9.17) is 5.73 Å². The van der Waals surface area contributed by atoms with Crippen molar-refractivity contribution in [3.63, 3.8) is 0 Å². The topological polar surface area (TPSA) is 101 Å². The molecule has 0 aliphatic heterocycles. The minimum atomic E-state index is -0.679. The third-order valence-corrected chi connectivity index (χ3v) is 4.61. The summed E-state index contributed by atoms with van der Waals surface area (Å²) in [6, 6.07) is 12.9. The third kappa shape index (κ3) is 3.36. The Morgan fingerprint density at radius 2 is 1.85 bits per heavy atom. The molecule has 7 heteroatoms. The Morgan fingerprint density at radius 3 is 2.59 bits per heavy atom. The average molecular weight is 366 g/mol. The van der Waals surface area contributed by atoms with Gasteiger partial charge in [-0.3, -0.25) is 19.1 Å².